The van der Waals surface area contributed by atoms with Crippen molar-refractivity contribution < 1.29 is 14.6 Å². The number of carbonyl (C=O) groups is 1. The predicted octanol–water partition coefficient (Wildman–Crippen LogP) is 2.22. The molecule has 1 rings (SSSR count). The topological polar surface area (TPSA) is 75.8 Å². The fourth-order valence-electron chi connectivity index (χ4n) is 1.96. The van der Waals surface area contributed by atoms with Gasteiger partial charge >= 0.3 is 5.97 Å². The Kier molecular flexibility index (Phi) is 5.63. The SMILES string of the molecule is CCC(C)N(CCOC)c1ccc(N)cc1C(=O)O. The molecule has 0 saturated carbocycles. The van der Waals surface area contributed by atoms with E-state index < -0.39 is 5.97 Å². The Balaban J connectivity index is 3.17. The van der Waals surface area contributed by atoms with Crippen LogP contribution < -0.4 is 10.6 Å². The number of rotatable bonds is 7. The second kappa shape index (κ2) is 6.99. The summed E-state index contributed by atoms with van der Waals surface area (Å²) >= 11 is 0. The fraction of sp³-hybridized carbons (Fsp3) is 0.500. The summed E-state index contributed by atoms with van der Waals surface area (Å²) in [6.45, 7) is 5.34. The van der Waals surface area contributed by atoms with Gasteiger partial charge in [0.2, 0.25) is 0 Å². The zero-order valence-corrected chi connectivity index (χ0v) is 11.7. The summed E-state index contributed by atoms with van der Waals surface area (Å²) in [4.78, 5) is 13.4. The lowest BCUT2D eigenvalue weighted by Gasteiger charge is -2.31. The lowest BCUT2D eigenvalue weighted by Crippen LogP contribution is -2.36. The number of nitrogen functional groups attached to an aromatic ring is 1. The van der Waals surface area contributed by atoms with Gasteiger partial charge in [0.05, 0.1) is 17.9 Å². The van der Waals surface area contributed by atoms with Crippen LogP contribution in [0.15, 0.2) is 18.2 Å². The van der Waals surface area contributed by atoms with Gasteiger partial charge in [0.1, 0.15) is 0 Å². The third kappa shape index (κ3) is 3.86. The smallest absolute Gasteiger partial charge is 0.337 e. The summed E-state index contributed by atoms with van der Waals surface area (Å²) in [5, 5.41) is 9.31. The van der Waals surface area contributed by atoms with E-state index in [4.69, 9.17) is 10.5 Å². The average Bonchev–Trinajstić information content (AvgIpc) is 2.39. The molecule has 0 heterocycles. The van der Waals surface area contributed by atoms with Crippen molar-refractivity contribution in [2.45, 2.75) is 26.3 Å². The van der Waals surface area contributed by atoms with E-state index in [2.05, 4.69) is 13.8 Å². The number of nitrogens with zero attached hydrogens (tertiary/aromatic N) is 1. The quantitative estimate of drug-likeness (QED) is 0.740. The normalized spacial score (nSPS) is 12.2. The summed E-state index contributed by atoms with van der Waals surface area (Å²) in [7, 11) is 1.63. The molecule has 0 amide bonds. The first-order chi connectivity index (χ1) is 9.01. The minimum absolute atomic E-state index is 0.233. The summed E-state index contributed by atoms with van der Waals surface area (Å²) in [5.41, 5.74) is 7.04. The van der Waals surface area contributed by atoms with Crippen LogP contribution in [0.4, 0.5) is 11.4 Å². The molecule has 1 unspecified atom stereocenters. The molecule has 0 radical (unpaired) electrons. The van der Waals surface area contributed by atoms with E-state index in [1.54, 1.807) is 19.2 Å². The van der Waals surface area contributed by atoms with E-state index in [1.165, 1.54) is 6.07 Å². The molecule has 3 N–H and O–H groups in total. The lowest BCUT2D eigenvalue weighted by atomic mass is 10.1. The maximum atomic E-state index is 11.3. The molecule has 0 aliphatic heterocycles. The number of ether oxygens (including phenoxy) is 1. The van der Waals surface area contributed by atoms with Crippen LogP contribution in [0.5, 0.6) is 0 Å². The number of carboxylic acid groups (broad SMARTS) is 1. The van der Waals surface area contributed by atoms with Crippen LogP contribution in [0.1, 0.15) is 30.6 Å². The average molecular weight is 266 g/mol. The predicted molar refractivity (Wildman–Crippen MR) is 76.8 cm³/mol. The zero-order valence-electron chi connectivity index (χ0n) is 11.7. The van der Waals surface area contributed by atoms with Crippen LogP contribution in [0.3, 0.4) is 0 Å². The van der Waals surface area contributed by atoms with Crippen LogP contribution in [-0.4, -0.2) is 37.4 Å². The van der Waals surface area contributed by atoms with Crippen molar-refractivity contribution in [3.63, 3.8) is 0 Å². The Morgan fingerprint density at radius 1 is 1.53 bits per heavy atom. The Hall–Kier alpha value is -1.75. The van der Waals surface area contributed by atoms with Crippen LogP contribution in [0, 0.1) is 0 Å². The van der Waals surface area contributed by atoms with E-state index in [9.17, 15) is 9.90 Å². The highest BCUT2D eigenvalue weighted by atomic mass is 16.5. The molecule has 1 atom stereocenters. The molecule has 0 bridgehead atoms. The highest BCUT2D eigenvalue weighted by Gasteiger charge is 2.19. The van der Waals surface area contributed by atoms with Crippen LogP contribution in [-0.2, 0) is 4.74 Å². The Morgan fingerprint density at radius 3 is 2.74 bits per heavy atom. The molecule has 0 aromatic heterocycles. The maximum Gasteiger partial charge on any atom is 0.337 e. The van der Waals surface area contributed by atoms with E-state index in [0.29, 0.717) is 24.5 Å². The molecule has 0 saturated heterocycles. The van der Waals surface area contributed by atoms with Crippen LogP contribution in [0.2, 0.25) is 0 Å². The van der Waals surface area contributed by atoms with Crippen molar-refractivity contribution in [3.8, 4) is 0 Å². The van der Waals surface area contributed by atoms with Crippen molar-refractivity contribution in [2.24, 2.45) is 0 Å². The highest BCUT2D eigenvalue weighted by Crippen LogP contribution is 2.25. The minimum atomic E-state index is -0.965. The molecule has 0 spiro atoms. The summed E-state index contributed by atoms with van der Waals surface area (Å²) in [6.07, 6.45) is 0.924. The molecule has 19 heavy (non-hydrogen) atoms. The number of nitrogens with two attached hydrogens (primary N) is 1. The number of anilines is 2. The summed E-state index contributed by atoms with van der Waals surface area (Å²) in [6, 6.07) is 5.22. The maximum absolute atomic E-state index is 11.3. The lowest BCUT2D eigenvalue weighted by molar-refractivity contribution is 0.0697. The number of carboxylic acids is 1. The molecular weight excluding hydrogens is 244 g/mol. The van der Waals surface area contributed by atoms with E-state index in [1.807, 2.05) is 4.90 Å². The monoisotopic (exact) mass is 266 g/mol. The van der Waals surface area contributed by atoms with Gasteiger partial charge in [0, 0.05) is 25.4 Å². The second-order valence-corrected chi connectivity index (χ2v) is 4.53. The molecule has 1 aromatic rings. The molecule has 0 fully saturated rings. The molecule has 5 heteroatoms. The van der Waals surface area contributed by atoms with Crippen molar-refractivity contribution >= 4 is 17.3 Å². The summed E-state index contributed by atoms with van der Waals surface area (Å²) in [5.74, 6) is -0.965. The van der Waals surface area contributed by atoms with E-state index in [0.717, 1.165) is 6.42 Å². The van der Waals surface area contributed by atoms with Gasteiger partial charge in [-0.1, -0.05) is 6.92 Å². The third-order valence-corrected chi connectivity index (χ3v) is 3.22. The molecular formula is C14H22N2O3. The molecule has 5 nitrogen and oxygen atoms in total. The highest BCUT2D eigenvalue weighted by molar-refractivity contribution is 5.95. The number of hydrogen-bond donors (Lipinski definition) is 2. The first-order valence-electron chi connectivity index (χ1n) is 6.39. The molecule has 0 aliphatic rings. The first-order valence-corrected chi connectivity index (χ1v) is 6.39. The number of methoxy groups -OCH3 is 1. The Labute approximate surface area is 114 Å². The van der Waals surface area contributed by atoms with Crippen LogP contribution in [0.25, 0.3) is 0 Å². The molecule has 1 aromatic carbocycles. The minimum Gasteiger partial charge on any atom is -0.478 e. The number of benzene rings is 1. The van der Waals surface area contributed by atoms with E-state index in [-0.39, 0.29) is 11.6 Å². The van der Waals surface area contributed by atoms with Crippen molar-refractivity contribution in [1.82, 2.24) is 0 Å². The van der Waals surface area contributed by atoms with Crippen molar-refractivity contribution in [3.05, 3.63) is 23.8 Å². The summed E-state index contributed by atoms with van der Waals surface area (Å²) < 4.78 is 5.10. The Morgan fingerprint density at radius 2 is 2.21 bits per heavy atom. The van der Waals surface area contributed by atoms with Gasteiger partial charge in [-0.15, -0.1) is 0 Å². The second-order valence-electron chi connectivity index (χ2n) is 4.53. The van der Waals surface area contributed by atoms with Crippen molar-refractivity contribution in [1.29, 1.82) is 0 Å². The number of hydrogen-bond acceptors (Lipinski definition) is 4. The van der Waals surface area contributed by atoms with Gasteiger partial charge in [-0.05, 0) is 31.5 Å². The standard InChI is InChI=1S/C14H22N2O3/c1-4-10(2)16(7-8-19-3)13-6-5-11(15)9-12(13)14(17)18/h5-6,9-10H,4,7-8,15H2,1-3H3,(H,17,18). The third-order valence-electron chi connectivity index (χ3n) is 3.22. The zero-order chi connectivity index (χ0) is 14.4. The molecule has 0 aliphatic carbocycles. The van der Waals surface area contributed by atoms with Crippen molar-refractivity contribution in [2.75, 3.05) is 30.9 Å². The Bertz CT molecular complexity index is 435. The van der Waals surface area contributed by atoms with Gasteiger partial charge in [0.15, 0.2) is 0 Å². The van der Waals surface area contributed by atoms with Gasteiger partial charge in [-0.2, -0.15) is 0 Å². The number of aromatic carboxylic acids is 1. The van der Waals surface area contributed by atoms with Crippen LogP contribution >= 0.6 is 0 Å². The first kappa shape index (κ1) is 15.3. The largest absolute Gasteiger partial charge is 0.478 e. The van der Waals surface area contributed by atoms with Gasteiger partial charge in [-0.3, -0.25) is 0 Å². The van der Waals surface area contributed by atoms with E-state index >= 15 is 0 Å². The fourth-order valence-corrected chi connectivity index (χ4v) is 1.96. The van der Waals surface area contributed by atoms with Gasteiger partial charge in [0.25, 0.3) is 0 Å². The van der Waals surface area contributed by atoms with Gasteiger partial charge < -0.3 is 20.5 Å². The molecule has 106 valence electrons. The van der Waals surface area contributed by atoms with Gasteiger partial charge in [-0.25, -0.2) is 4.79 Å².